The molecule has 30 heavy (non-hydrogen) atoms. The third kappa shape index (κ3) is 5.89. The predicted octanol–water partition coefficient (Wildman–Crippen LogP) is 4.29. The summed E-state index contributed by atoms with van der Waals surface area (Å²) in [4.78, 5) is 28.5. The number of aryl methyl sites for hydroxylation is 3. The highest BCUT2D eigenvalue weighted by Gasteiger charge is 2.24. The lowest BCUT2D eigenvalue weighted by Crippen LogP contribution is -2.51. The highest BCUT2D eigenvalue weighted by atomic mass is 35.5. The van der Waals surface area contributed by atoms with E-state index in [9.17, 15) is 9.59 Å². The van der Waals surface area contributed by atoms with Crippen molar-refractivity contribution in [3.05, 3.63) is 63.1 Å². The molecule has 0 radical (unpaired) electrons. The van der Waals surface area contributed by atoms with E-state index in [1.807, 2.05) is 55.1 Å². The van der Waals surface area contributed by atoms with Crippen LogP contribution in [-0.2, 0) is 16.0 Å². The minimum Gasteiger partial charge on any atom is -0.484 e. The molecule has 2 amide bonds. The topological polar surface area (TPSA) is 49.9 Å². The van der Waals surface area contributed by atoms with Crippen LogP contribution in [0.1, 0.15) is 23.1 Å². The fourth-order valence-corrected chi connectivity index (χ4v) is 3.73. The lowest BCUT2D eigenvalue weighted by molar-refractivity contribution is -0.140. The Kier molecular flexibility index (Phi) is 7.62. The summed E-state index contributed by atoms with van der Waals surface area (Å²) in [6, 6.07) is 11.2. The first-order chi connectivity index (χ1) is 14.3. The van der Waals surface area contributed by atoms with Crippen LogP contribution < -0.4 is 4.74 Å². The van der Waals surface area contributed by atoms with Crippen LogP contribution in [0.3, 0.4) is 0 Å². The number of rotatable bonds is 6. The fourth-order valence-electron chi connectivity index (χ4n) is 3.49. The van der Waals surface area contributed by atoms with Crippen molar-refractivity contribution in [2.45, 2.75) is 26.7 Å². The van der Waals surface area contributed by atoms with E-state index >= 15 is 0 Å². The molecule has 1 aliphatic rings. The largest absolute Gasteiger partial charge is 0.484 e. The van der Waals surface area contributed by atoms with Gasteiger partial charge in [-0.1, -0.05) is 35.3 Å². The summed E-state index contributed by atoms with van der Waals surface area (Å²) in [6.07, 6.45) is 1.14. The lowest BCUT2D eigenvalue weighted by Gasteiger charge is -2.34. The SMILES string of the molecule is Cc1cc(OCC(=O)N2CCN(C(=O)CCc3ccc(Cl)cc3)CC2)cc(C)c1Cl. The maximum Gasteiger partial charge on any atom is 0.260 e. The van der Waals surface area contributed by atoms with Crippen molar-refractivity contribution >= 4 is 35.0 Å². The van der Waals surface area contributed by atoms with Gasteiger partial charge in [0.1, 0.15) is 5.75 Å². The molecule has 0 aromatic heterocycles. The van der Waals surface area contributed by atoms with Crippen LogP contribution in [0, 0.1) is 13.8 Å². The standard InChI is InChI=1S/C23H26Cl2N2O3/c1-16-13-20(14-17(2)23(16)25)30-15-22(29)27-11-9-26(10-12-27)21(28)8-5-18-3-6-19(24)7-4-18/h3-4,6-7,13-14H,5,8-12,15H2,1-2H3. The Labute approximate surface area is 187 Å². The fraction of sp³-hybridized carbons (Fsp3) is 0.391. The second kappa shape index (κ2) is 10.2. The summed E-state index contributed by atoms with van der Waals surface area (Å²) in [6.45, 7) is 5.93. The molecule has 1 aliphatic heterocycles. The van der Waals surface area contributed by atoms with Gasteiger partial charge in [-0.15, -0.1) is 0 Å². The Morgan fingerprint density at radius 2 is 1.43 bits per heavy atom. The van der Waals surface area contributed by atoms with Gasteiger partial charge in [0.15, 0.2) is 6.61 Å². The number of amides is 2. The molecule has 1 heterocycles. The zero-order valence-electron chi connectivity index (χ0n) is 17.3. The van der Waals surface area contributed by atoms with Crippen molar-refractivity contribution in [3.8, 4) is 5.75 Å². The monoisotopic (exact) mass is 448 g/mol. The van der Waals surface area contributed by atoms with Crippen molar-refractivity contribution < 1.29 is 14.3 Å². The van der Waals surface area contributed by atoms with Gasteiger partial charge in [0, 0.05) is 42.6 Å². The Balaban J connectivity index is 1.42. The first kappa shape index (κ1) is 22.4. The second-order valence-corrected chi connectivity index (χ2v) is 8.36. The molecule has 0 saturated carbocycles. The molecule has 0 unspecified atom stereocenters. The molecule has 0 aliphatic carbocycles. The Morgan fingerprint density at radius 3 is 2.00 bits per heavy atom. The summed E-state index contributed by atoms with van der Waals surface area (Å²) in [5.74, 6) is 0.674. The van der Waals surface area contributed by atoms with Gasteiger partial charge in [-0.25, -0.2) is 0 Å². The molecule has 160 valence electrons. The maximum atomic E-state index is 12.5. The third-order valence-electron chi connectivity index (χ3n) is 5.30. The van der Waals surface area contributed by atoms with Crippen LogP contribution in [0.4, 0.5) is 0 Å². The highest BCUT2D eigenvalue weighted by Crippen LogP contribution is 2.25. The van der Waals surface area contributed by atoms with Crippen LogP contribution in [0.5, 0.6) is 5.75 Å². The van der Waals surface area contributed by atoms with E-state index in [1.165, 1.54) is 0 Å². The van der Waals surface area contributed by atoms with Gasteiger partial charge in [-0.3, -0.25) is 9.59 Å². The average molecular weight is 449 g/mol. The van der Waals surface area contributed by atoms with E-state index in [0.29, 0.717) is 54.8 Å². The number of nitrogens with zero attached hydrogens (tertiary/aromatic N) is 2. The Hall–Kier alpha value is -2.24. The van der Waals surface area contributed by atoms with E-state index in [-0.39, 0.29) is 18.4 Å². The number of carbonyl (C=O) groups is 2. The first-order valence-electron chi connectivity index (χ1n) is 10.0. The van der Waals surface area contributed by atoms with Gasteiger partial charge < -0.3 is 14.5 Å². The summed E-state index contributed by atoms with van der Waals surface area (Å²) < 4.78 is 5.67. The average Bonchev–Trinajstić information content (AvgIpc) is 2.75. The quantitative estimate of drug-likeness (QED) is 0.661. The summed E-state index contributed by atoms with van der Waals surface area (Å²) in [7, 11) is 0. The Bertz CT molecular complexity index is 884. The molecule has 0 spiro atoms. The van der Waals surface area contributed by atoms with E-state index < -0.39 is 0 Å². The number of hydrogen-bond donors (Lipinski definition) is 0. The van der Waals surface area contributed by atoms with Gasteiger partial charge in [0.25, 0.3) is 5.91 Å². The van der Waals surface area contributed by atoms with E-state index in [0.717, 1.165) is 16.7 Å². The third-order valence-corrected chi connectivity index (χ3v) is 6.15. The lowest BCUT2D eigenvalue weighted by atomic mass is 10.1. The molecule has 0 N–H and O–H groups in total. The molecule has 2 aromatic carbocycles. The van der Waals surface area contributed by atoms with Crippen molar-refractivity contribution in [3.63, 3.8) is 0 Å². The molecular weight excluding hydrogens is 423 g/mol. The maximum absolute atomic E-state index is 12.5. The molecule has 3 rings (SSSR count). The normalized spacial score (nSPS) is 14.0. The minimum atomic E-state index is -0.0754. The second-order valence-electron chi connectivity index (χ2n) is 7.55. The van der Waals surface area contributed by atoms with Gasteiger partial charge in [0.2, 0.25) is 5.91 Å². The molecule has 1 fully saturated rings. The van der Waals surface area contributed by atoms with E-state index in [2.05, 4.69) is 0 Å². The summed E-state index contributed by atoms with van der Waals surface area (Å²) in [5, 5.41) is 1.40. The number of hydrogen-bond acceptors (Lipinski definition) is 3. The molecule has 2 aromatic rings. The number of halogens is 2. The van der Waals surface area contributed by atoms with Crippen molar-refractivity contribution in [2.75, 3.05) is 32.8 Å². The Morgan fingerprint density at radius 1 is 0.900 bits per heavy atom. The van der Waals surface area contributed by atoms with Crippen LogP contribution >= 0.6 is 23.2 Å². The van der Waals surface area contributed by atoms with Crippen LogP contribution in [-0.4, -0.2) is 54.4 Å². The zero-order chi connectivity index (χ0) is 21.7. The zero-order valence-corrected chi connectivity index (χ0v) is 18.8. The highest BCUT2D eigenvalue weighted by molar-refractivity contribution is 6.32. The number of benzene rings is 2. The van der Waals surface area contributed by atoms with Gasteiger partial charge >= 0.3 is 0 Å². The summed E-state index contributed by atoms with van der Waals surface area (Å²) >= 11 is 12.1. The van der Waals surface area contributed by atoms with Gasteiger partial charge in [-0.2, -0.15) is 0 Å². The number of ether oxygens (including phenoxy) is 1. The molecule has 5 nitrogen and oxygen atoms in total. The summed E-state index contributed by atoms with van der Waals surface area (Å²) in [5.41, 5.74) is 2.93. The molecular formula is C23H26Cl2N2O3. The van der Waals surface area contributed by atoms with Crippen molar-refractivity contribution in [1.82, 2.24) is 9.80 Å². The van der Waals surface area contributed by atoms with E-state index in [1.54, 1.807) is 4.90 Å². The van der Waals surface area contributed by atoms with Crippen LogP contribution in [0.2, 0.25) is 10.0 Å². The minimum absolute atomic E-state index is 0.0228. The molecule has 7 heteroatoms. The van der Waals surface area contributed by atoms with Crippen molar-refractivity contribution in [1.29, 1.82) is 0 Å². The molecule has 0 atom stereocenters. The first-order valence-corrected chi connectivity index (χ1v) is 10.8. The number of piperazine rings is 1. The van der Waals surface area contributed by atoms with Crippen LogP contribution in [0.25, 0.3) is 0 Å². The number of carbonyl (C=O) groups excluding carboxylic acids is 2. The van der Waals surface area contributed by atoms with Gasteiger partial charge in [0.05, 0.1) is 0 Å². The van der Waals surface area contributed by atoms with Crippen molar-refractivity contribution in [2.24, 2.45) is 0 Å². The molecule has 0 bridgehead atoms. The van der Waals surface area contributed by atoms with E-state index in [4.69, 9.17) is 27.9 Å². The smallest absolute Gasteiger partial charge is 0.260 e. The molecule has 1 saturated heterocycles. The van der Waals surface area contributed by atoms with Crippen LogP contribution in [0.15, 0.2) is 36.4 Å². The predicted molar refractivity (Wildman–Crippen MR) is 119 cm³/mol. The van der Waals surface area contributed by atoms with Gasteiger partial charge in [-0.05, 0) is 61.2 Å².